The zero-order valence-electron chi connectivity index (χ0n) is 16.4. The van der Waals surface area contributed by atoms with Gasteiger partial charge < -0.3 is 10.1 Å². The number of rotatable bonds is 4. The molecule has 0 saturated heterocycles. The fourth-order valence-corrected chi connectivity index (χ4v) is 3.76. The summed E-state index contributed by atoms with van der Waals surface area (Å²) < 4.78 is 6.03. The van der Waals surface area contributed by atoms with Gasteiger partial charge in [-0.1, -0.05) is 54.9 Å². The van der Waals surface area contributed by atoms with E-state index in [0.29, 0.717) is 34.1 Å². The van der Waals surface area contributed by atoms with Crippen molar-refractivity contribution >= 4 is 34.8 Å². The fraction of sp³-hybridized carbons (Fsp3) is 0.167. The number of carbonyl (C=O) groups excluding carboxylic acids is 2. The van der Waals surface area contributed by atoms with Crippen LogP contribution >= 0.6 is 11.6 Å². The summed E-state index contributed by atoms with van der Waals surface area (Å²) in [7, 11) is 0. The van der Waals surface area contributed by atoms with Crippen molar-refractivity contribution in [2.45, 2.75) is 25.5 Å². The molecule has 152 valence electrons. The van der Waals surface area contributed by atoms with E-state index in [1.165, 1.54) is 4.90 Å². The number of fused-ring (bicyclic) bond motifs is 1. The number of amides is 2. The summed E-state index contributed by atoms with van der Waals surface area (Å²) in [6.07, 6.45) is -0.239. The van der Waals surface area contributed by atoms with Crippen LogP contribution in [-0.4, -0.2) is 17.9 Å². The van der Waals surface area contributed by atoms with Gasteiger partial charge in [0.15, 0.2) is 6.10 Å². The summed E-state index contributed by atoms with van der Waals surface area (Å²) in [4.78, 5) is 28.5. The van der Waals surface area contributed by atoms with E-state index in [1.54, 1.807) is 30.3 Å². The van der Waals surface area contributed by atoms with Gasteiger partial charge in [-0.05, 0) is 48.9 Å². The highest BCUT2D eigenvalue weighted by Crippen LogP contribution is 2.39. The summed E-state index contributed by atoms with van der Waals surface area (Å²) in [5.74, 6) is -0.141. The minimum absolute atomic E-state index is 0.274. The maximum absolute atomic E-state index is 13.5. The Morgan fingerprint density at radius 1 is 1.03 bits per heavy atom. The Labute approximate surface area is 180 Å². The van der Waals surface area contributed by atoms with Crippen LogP contribution in [0.5, 0.6) is 5.75 Å². The molecule has 3 aromatic carbocycles. The number of carbonyl (C=O) groups is 2. The molecule has 1 N–H and O–H groups in total. The van der Waals surface area contributed by atoms with Gasteiger partial charge in [0.05, 0.1) is 0 Å². The third-order valence-electron chi connectivity index (χ3n) is 5.00. The van der Waals surface area contributed by atoms with Crippen LogP contribution in [0.15, 0.2) is 78.9 Å². The topological polar surface area (TPSA) is 58.6 Å². The van der Waals surface area contributed by atoms with Gasteiger partial charge in [0.25, 0.3) is 11.8 Å². The largest absolute Gasteiger partial charge is 0.480 e. The second-order valence-corrected chi connectivity index (χ2v) is 7.43. The van der Waals surface area contributed by atoms with E-state index in [9.17, 15) is 9.59 Å². The van der Waals surface area contributed by atoms with E-state index in [4.69, 9.17) is 16.3 Å². The molecule has 30 heavy (non-hydrogen) atoms. The third-order valence-corrected chi connectivity index (χ3v) is 5.24. The molecule has 0 bridgehead atoms. The molecule has 1 aliphatic rings. The Bertz CT molecular complexity index is 1060. The van der Waals surface area contributed by atoms with Gasteiger partial charge in [-0.15, -0.1) is 0 Å². The molecular weight excluding hydrogens is 400 g/mol. The Morgan fingerprint density at radius 2 is 1.70 bits per heavy atom. The Morgan fingerprint density at radius 3 is 2.37 bits per heavy atom. The minimum atomic E-state index is -0.939. The van der Waals surface area contributed by atoms with Crippen LogP contribution in [0.2, 0.25) is 5.02 Å². The molecule has 0 saturated carbocycles. The lowest BCUT2D eigenvalue weighted by Gasteiger charge is -2.30. The fourth-order valence-electron chi connectivity index (χ4n) is 3.58. The first-order valence-electron chi connectivity index (χ1n) is 9.78. The van der Waals surface area contributed by atoms with E-state index < -0.39 is 12.1 Å². The number of hydrogen-bond acceptors (Lipinski definition) is 3. The van der Waals surface area contributed by atoms with Crippen LogP contribution in [-0.2, 0) is 9.59 Å². The van der Waals surface area contributed by atoms with Crippen molar-refractivity contribution in [3.8, 4) is 5.75 Å². The van der Waals surface area contributed by atoms with Crippen molar-refractivity contribution < 1.29 is 14.3 Å². The summed E-state index contributed by atoms with van der Waals surface area (Å²) in [6, 6.07) is 22.5. The van der Waals surface area contributed by atoms with Crippen LogP contribution in [0, 0.1) is 0 Å². The van der Waals surface area contributed by atoms with Crippen molar-refractivity contribution in [1.82, 2.24) is 0 Å². The highest BCUT2D eigenvalue weighted by molar-refractivity contribution is 6.30. The molecule has 1 aliphatic heterocycles. The molecule has 0 fully saturated rings. The molecule has 2 unspecified atom stereocenters. The van der Waals surface area contributed by atoms with Crippen LogP contribution in [0.3, 0.4) is 0 Å². The second-order valence-electron chi connectivity index (χ2n) is 7.00. The van der Waals surface area contributed by atoms with Crippen LogP contribution < -0.4 is 15.0 Å². The Kier molecular flexibility index (Phi) is 5.72. The lowest BCUT2D eigenvalue weighted by Crippen LogP contribution is -2.45. The highest BCUT2D eigenvalue weighted by Gasteiger charge is 2.41. The lowest BCUT2D eigenvalue weighted by molar-refractivity contribution is -0.127. The predicted octanol–water partition coefficient (Wildman–Crippen LogP) is 5.22. The zero-order valence-corrected chi connectivity index (χ0v) is 17.2. The average molecular weight is 421 g/mol. The van der Waals surface area contributed by atoms with Gasteiger partial charge in [0, 0.05) is 22.0 Å². The normalized spacial score (nSPS) is 18.2. The van der Waals surface area contributed by atoms with Gasteiger partial charge >= 0.3 is 0 Å². The predicted molar refractivity (Wildman–Crippen MR) is 118 cm³/mol. The van der Waals surface area contributed by atoms with Gasteiger partial charge in [0.1, 0.15) is 11.8 Å². The maximum Gasteiger partial charge on any atom is 0.269 e. The first kappa shape index (κ1) is 20.0. The number of nitrogens with zero attached hydrogens (tertiary/aromatic N) is 1. The van der Waals surface area contributed by atoms with Gasteiger partial charge in [-0.3, -0.25) is 14.5 Å². The third kappa shape index (κ3) is 3.89. The molecule has 0 radical (unpaired) electrons. The minimum Gasteiger partial charge on any atom is -0.480 e. The van der Waals surface area contributed by atoms with E-state index in [2.05, 4.69) is 5.32 Å². The van der Waals surface area contributed by atoms with Crippen molar-refractivity contribution in [3.05, 3.63) is 89.4 Å². The molecule has 0 spiro atoms. The molecule has 1 heterocycles. The number of halogens is 1. The number of ether oxygens (including phenoxy) is 1. The Balaban J connectivity index is 1.87. The van der Waals surface area contributed by atoms with E-state index in [1.807, 2.05) is 55.5 Å². The summed E-state index contributed by atoms with van der Waals surface area (Å²) in [5.41, 5.74) is 1.80. The van der Waals surface area contributed by atoms with Crippen LogP contribution in [0.1, 0.15) is 24.9 Å². The van der Waals surface area contributed by atoms with E-state index >= 15 is 0 Å². The smallest absolute Gasteiger partial charge is 0.269 e. The van der Waals surface area contributed by atoms with Crippen molar-refractivity contribution in [3.63, 3.8) is 0 Å². The first-order chi connectivity index (χ1) is 14.6. The molecule has 6 heteroatoms. The van der Waals surface area contributed by atoms with E-state index in [0.717, 1.165) is 0 Å². The number of anilines is 2. The van der Waals surface area contributed by atoms with Gasteiger partial charge in [0.2, 0.25) is 0 Å². The summed E-state index contributed by atoms with van der Waals surface area (Å²) in [5, 5.41) is 3.38. The van der Waals surface area contributed by atoms with Crippen LogP contribution in [0.25, 0.3) is 0 Å². The molecular formula is C24H21ClN2O3. The molecule has 3 aromatic rings. The quantitative estimate of drug-likeness (QED) is 0.629. The van der Waals surface area contributed by atoms with Crippen molar-refractivity contribution in [2.75, 3.05) is 10.2 Å². The SMILES string of the molecule is CCC1Oc2ccc(Cl)cc2C(C(=O)Nc2ccccc2)N(c2ccccc2)C1=O. The lowest BCUT2D eigenvalue weighted by atomic mass is 10.0. The summed E-state index contributed by atoms with van der Waals surface area (Å²) >= 11 is 6.27. The number of para-hydroxylation sites is 2. The molecule has 2 atom stereocenters. The average Bonchev–Trinajstić information content (AvgIpc) is 2.89. The summed E-state index contributed by atoms with van der Waals surface area (Å²) in [6.45, 7) is 1.88. The standard InChI is InChI=1S/C24H21ClN2O3/c1-2-20-24(29)27(18-11-7-4-8-12-18)22(19-15-16(25)13-14-21(19)30-20)23(28)26-17-9-5-3-6-10-17/h3-15,20,22H,2H2,1H3,(H,26,28). The molecule has 4 rings (SSSR count). The van der Waals surface area contributed by atoms with E-state index in [-0.39, 0.29) is 11.8 Å². The number of hydrogen-bond donors (Lipinski definition) is 1. The molecule has 0 aromatic heterocycles. The number of benzene rings is 3. The zero-order chi connectivity index (χ0) is 21.1. The highest BCUT2D eigenvalue weighted by atomic mass is 35.5. The van der Waals surface area contributed by atoms with Crippen molar-refractivity contribution in [1.29, 1.82) is 0 Å². The number of nitrogens with one attached hydrogen (secondary N) is 1. The first-order valence-corrected chi connectivity index (χ1v) is 10.2. The second kappa shape index (κ2) is 8.59. The molecule has 5 nitrogen and oxygen atoms in total. The van der Waals surface area contributed by atoms with Crippen LogP contribution in [0.4, 0.5) is 11.4 Å². The monoisotopic (exact) mass is 420 g/mol. The molecule has 0 aliphatic carbocycles. The van der Waals surface area contributed by atoms with Gasteiger partial charge in [-0.2, -0.15) is 0 Å². The molecule has 2 amide bonds. The maximum atomic E-state index is 13.5. The Hall–Kier alpha value is -3.31. The van der Waals surface area contributed by atoms with Crippen molar-refractivity contribution in [2.24, 2.45) is 0 Å². The van der Waals surface area contributed by atoms with Gasteiger partial charge in [-0.25, -0.2) is 0 Å².